The van der Waals surface area contributed by atoms with Gasteiger partial charge in [-0.2, -0.15) is 0 Å². The van der Waals surface area contributed by atoms with Crippen molar-refractivity contribution in [3.8, 4) is 11.5 Å². The van der Waals surface area contributed by atoms with Gasteiger partial charge in [-0.05, 0) is 49.2 Å². The topological polar surface area (TPSA) is 127 Å². The summed E-state index contributed by atoms with van der Waals surface area (Å²) in [7, 11) is 0. The molecule has 7 rings (SSSR count). The van der Waals surface area contributed by atoms with Gasteiger partial charge in [0.15, 0.2) is 12.6 Å². The van der Waals surface area contributed by atoms with Crippen LogP contribution < -0.4 is 0 Å². The molecule has 0 aliphatic carbocycles. The van der Waals surface area contributed by atoms with Crippen LogP contribution in [-0.2, 0) is 18.9 Å². The largest absolute Gasteiger partial charge is 0.507 e. The van der Waals surface area contributed by atoms with Crippen molar-refractivity contribution in [2.75, 3.05) is 26.2 Å². The van der Waals surface area contributed by atoms with Gasteiger partial charge in [0, 0.05) is 58.2 Å². The minimum atomic E-state index is -0.563. The number of ether oxygens (including phenoxy) is 4. The van der Waals surface area contributed by atoms with E-state index in [0.29, 0.717) is 48.4 Å². The number of phenolic OH excluding ortho intramolecular Hbond substituents is 2. The molecule has 0 saturated carbocycles. The van der Waals surface area contributed by atoms with Crippen molar-refractivity contribution >= 4 is 24.9 Å². The van der Waals surface area contributed by atoms with Crippen LogP contribution in [0.4, 0.5) is 0 Å². The van der Waals surface area contributed by atoms with Crippen molar-refractivity contribution < 1.29 is 29.2 Å². The molecule has 3 aliphatic heterocycles. The van der Waals surface area contributed by atoms with Crippen LogP contribution in [0, 0.1) is 13.8 Å². The molecule has 0 radical (unpaired) electrons. The predicted molar refractivity (Wildman–Crippen MR) is 193 cm³/mol. The first-order chi connectivity index (χ1) is 24.4. The molecule has 0 aromatic heterocycles. The molecule has 4 atom stereocenters. The van der Waals surface area contributed by atoms with Crippen LogP contribution in [0.25, 0.3) is 0 Å². The van der Waals surface area contributed by atoms with Crippen molar-refractivity contribution in [3.63, 3.8) is 0 Å². The minimum absolute atomic E-state index is 0.0836. The van der Waals surface area contributed by atoms with E-state index >= 15 is 0 Å². The predicted octanol–water partition coefficient (Wildman–Crippen LogP) is 6.07. The number of fused-ring (bicyclic) bond motifs is 6. The van der Waals surface area contributed by atoms with Gasteiger partial charge in [0.1, 0.15) is 35.9 Å². The number of benzene rings is 4. The summed E-state index contributed by atoms with van der Waals surface area (Å²) in [4.78, 5) is 18.7. The van der Waals surface area contributed by atoms with Gasteiger partial charge in [0.2, 0.25) is 0 Å². The van der Waals surface area contributed by atoms with E-state index in [1.807, 2.05) is 98.8 Å². The number of aromatic hydroxyl groups is 2. The van der Waals surface area contributed by atoms with E-state index in [0.717, 1.165) is 22.3 Å². The van der Waals surface area contributed by atoms with Gasteiger partial charge in [0.05, 0.1) is 26.2 Å². The van der Waals surface area contributed by atoms with Crippen molar-refractivity contribution in [2.24, 2.45) is 20.0 Å². The third-order valence-electron chi connectivity index (χ3n) is 8.86. The second kappa shape index (κ2) is 15.3. The summed E-state index contributed by atoms with van der Waals surface area (Å²) in [5, 5.41) is 22.4. The van der Waals surface area contributed by atoms with Crippen LogP contribution in [-0.4, -0.2) is 85.7 Å². The first-order valence-corrected chi connectivity index (χ1v) is 16.8. The molecule has 2 N–H and O–H groups in total. The standard InChI is InChI=1S/C40H40N4O6/c1-25-13-29-17-41-21-33-35(49-39(47-33)27-9-5-3-6-10-27)23-43-19-31-15-26(2)16-32(38(31)46)20-44-24-36-34(22-42-18-30(14-25)37(29)45)48-40(50-36)28-11-7-4-8-12-28/h3-20,33-36,39-40,45-46H,21-24H2,1-2H3/t33-,34-,35-,36-,39?,40?/m1/s1. The molecule has 50 heavy (non-hydrogen) atoms. The second-order valence-electron chi connectivity index (χ2n) is 12.7. The SMILES string of the molecule is Cc1cc2c(O)c(c1)C=NC[C@H]1OC(c3ccccc3)O[C@@H]1CN=Cc1cc(C)cc(c1O)C=NC[C@H]1OC(c3ccccc3)O[C@@H]1CN=C2. The highest BCUT2D eigenvalue weighted by atomic mass is 16.7. The lowest BCUT2D eigenvalue weighted by atomic mass is 10.1. The molecule has 4 bridgehead atoms. The normalized spacial score (nSPS) is 25.4. The Bertz CT molecular complexity index is 1680. The molecule has 10 nitrogen and oxygen atoms in total. The fourth-order valence-electron chi connectivity index (χ4n) is 6.31. The highest BCUT2D eigenvalue weighted by molar-refractivity contribution is 5.93. The molecular formula is C40H40N4O6. The molecule has 10 heteroatoms. The second-order valence-corrected chi connectivity index (χ2v) is 12.7. The number of hydrogen-bond acceptors (Lipinski definition) is 10. The fraction of sp³-hybridized carbons (Fsp3) is 0.300. The number of aliphatic imine (C=N–C) groups is 4. The zero-order valence-corrected chi connectivity index (χ0v) is 28.0. The Morgan fingerprint density at radius 2 is 0.740 bits per heavy atom. The van der Waals surface area contributed by atoms with Crippen LogP contribution in [0.3, 0.4) is 0 Å². The Morgan fingerprint density at radius 1 is 0.460 bits per heavy atom. The summed E-state index contributed by atoms with van der Waals surface area (Å²) in [6, 6.07) is 27.0. The summed E-state index contributed by atoms with van der Waals surface area (Å²) >= 11 is 0. The van der Waals surface area contributed by atoms with Crippen LogP contribution in [0.2, 0.25) is 0 Å². The number of nitrogens with zero attached hydrogens (tertiary/aromatic N) is 4. The average molecular weight is 673 g/mol. The molecule has 2 fully saturated rings. The summed E-state index contributed by atoms with van der Waals surface area (Å²) in [6.45, 7) is 5.09. The van der Waals surface area contributed by atoms with Gasteiger partial charge in [-0.15, -0.1) is 0 Å². The minimum Gasteiger partial charge on any atom is -0.507 e. The van der Waals surface area contributed by atoms with Gasteiger partial charge < -0.3 is 29.2 Å². The Morgan fingerprint density at radius 3 is 1.02 bits per heavy atom. The monoisotopic (exact) mass is 672 g/mol. The van der Waals surface area contributed by atoms with Gasteiger partial charge in [-0.1, -0.05) is 60.7 Å². The van der Waals surface area contributed by atoms with E-state index < -0.39 is 37.0 Å². The molecule has 4 aromatic carbocycles. The maximum atomic E-state index is 11.2. The van der Waals surface area contributed by atoms with Gasteiger partial charge >= 0.3 is 0 Å². The lowest BCUT2D eigenvalue weighted by Crippen LogP contribution is -2.28. The third-order valence-corrected chi connectivity index (χ3v) is 8.86. The van der Waals surface area contributed by atoms with E-state index in [9.17, 15) is 10.2 Å². The first kappa shape index (κ1) is 33.5. The maximum Gasteiger partial charge on any atom is 0.184 e. The van der Waals surface area contributed by atoms with E-state index in [-0.39, 0.29) is 11.5 Å². The van der Waals surface area contributed by atoms with E-state index in [1.54, 1.807) is 24.9 Å². The smallest absolute Gasteiger partial charge is 0.184 e. The number of rotatable bonds is 2. The van der Waals surface area contributed by atoms with Crippen molar-refractivity contribution in [1.82, 2.24) is 0 Å². The number of hydrogen-bond donors (Lipinski definition) is 2. The lowest BCUT2D eigenvalue weighted by Gasteiger charge is -2.13. The Balaban J connectivity index is 1.20. The van der Waals surface area contributed by atoms with Gasteiger partial charge in [-0.25, -0.2) is 0 Å². The molecule has 0 amide bonds. The Labute approximate surface area is 291 Å². The first-order valence-electron chi connectivity index (χ1n) is 16.8. The van der Waals surface area contributed by atoms with E-state index in [1.165, 1.54) is 0 Å². The zero-order chi connectivity index (χ0) is 34.5. The third kappa shape index (κ3) is 7.74. The van der Waals surface area contributed by atoms with Crippen LogP contribution >= 0.6 is 0 Å². The van der Waals surface area contributed by atoms with Crippen LogP contribution in [0.1, 0.15) is 57.1 Å². The average Bonchev–Trinajstić information content (AvgIpc) is 3.73. The Hall–Kier alpha value is -5.00. The molecule has 0 unspecified atom stereocenters. The maximum absolute atomic E-state index is 11.2. The highest BCUT2D eigenvalue weighted by Gasteiger charge is 2.37. The molecule has 2 saturated heterocycles. The number of phenols is 2. The Kier molecular flexibility index (Phi) is 10.2. The van der Waals surface area contributed by atoms with E-state index in [4.69, 9.17) is 18.9 Å². The van der Waals surface area contributed by atoms with Gasteiger partial charge in [-0.3, -0.25) is 20.0 Å². The van der Waals surface area contributed by atoms with Crippen molar-refractivity contribution in [3.05, 3.63) is 129 Å². The molecule has 3 heterocycles. The molecule has 4 aromatic rings. The molecule has 0 spiro atoms. The fourth-order valence-corrected chi connectivity index (χ4v) is 6.31. The van der Waals surface area contributed by atoms with Crippen molar-refractivity contribution in [1.29, 1.82) is 0 Å². The summed E-state index contributed by atoms with van der Waals surface area (Å²) in [6.07, 6.45) is 3.92. The highest BCUT2D eigenvalue weighted by Crippen LogP contribution is 2.34. The molecule has 3 aliphatic rings. The molecular weight excluding hydrogens is 632 g/mol. The van der Waals surface area contributed by atoms with E-state index in [2.05, 4.69) is 20.0 Å². The van der Waals surface area contributed by atoms with Gasteiger partial charge in [0.25, 0.3) is 0 Å². The van der Waals surface area contributed by atoms with Crippen LogP contribution in [0.5, 0.6) is 11.5 Å². The summed E-state index contributed by atoms with van der Waals surface area (Å²) < 4.78 is 25.3. The van der Waals surface area contributed by atoms with Crippen molar-refractivity contribution in [2.45, 2.75) is 50.8 Å². The molecule has 256 valence electrons. The zero-order valence-electron chi connectivity index (χ0n) is 28.0. The quantitative estimate of drug-likeness (QED) is 0.266. The summed E-state index contributed by atoms with van der Waals surface area (Å²) in [5.74, 6) is 0.167. The lowest BCUT2D eigenvalue weighted by molar-refractivity contribution is -0.0671. The summed E-state index contributed by atoms with van der Waals surface area (Å²) in [5.41, 5.74) is 6.01. The van der Waals surface area contributed by atoms with Crippen LogP contribution in [0.15, 0.2) is 105 Å². The number of aryl methyl sites for hydroxylation is 2.